The van der Waals surface area contributed by atoms with E-state index >= 15 is 0 Å². The molecule has 0 atom stereocenters. The molecule has 0 saturated carbocycles. The van der Waals surface area contributed by atoms with E-state index < -0.39 is 0 Å². The number of carbonyl (C=O) groups excluding carboxylic acids is 1. The number of benzene rings is 2. The molecule has 1 aliphatic rings. The van der Waals surface area contributed by atoms with Crippen LogP contribution in [0, 0.1) is 0 Å². The summed E-state index contributed by atoms with van der Waals surface area (Å²) >= 11 is 5.51. The maximum atomic E-state index is 11.4. The van der Waals surface area contributed by atoms with Gasteiger partial charge in [0.1, 0.15) is 0 Å². The number of hydrogen-bond donors (Lipinski definition) is 2. The second kappa shape index (κ2) is 12.8. The fourth-order valence-electron chi connectivity index (χ4n) is 4.88. The number of quaternary nitrogens is 1. The van der Waals surface area contributed by atoms with Gasteiger partial charge in [-0.3, -0.25) is 4.79 Å². The first-order valence-corrected chi connectivity index (χ1v) is 14.2. The van der Waals surface area contributed by atoms with Crippen molar-refractivity contribution in [3.8, 4) is 0 Å². The number of para-hydroxylation sites is 2. The zero-order chi connectivity index (χ0) is 26.3. The third-order valence-electron chi connectivity index (χ3n) is 6.98. The van der Waals surface area contributed by atoms with Gasteiger partial charge in [-0.25, -0.2) is 0 Å². The predicted molar refractivity (Wildman–Crippen MR) is 156 cm³/mol. The Hall–Kier alpha value is -2.52. The Kier molecular flexibility index (Phi) is 9.54. The van der Waals surface area contributed by atoms with E-state index in [4.69, 9.17) is 0 Å². The van der Waals surface area contributed by atoms with Gasteiger partial charge in [-0.15, -0.1) is 0 Å². The molecular formula is C29H38N4O2S2+2. The van der Waals surface area contributed by atoms with Crippen molar-refractivity contribution in [1.29, 1.82) is 0 Å². The van der Waals surface area contributed by atoms with Crippen molar-refractivity contribution in [2.75, 3.05) is 39.1 Å². The Morgan fingerprint density at radius 2 is 1.81 bits per heavy atom. The van der Waals surface area contributed by atoms with Gasteiger partial charge in [-0.05, 0) is 49.1 Å². The summed E-state index contributed by atoms with van der Waals surface area (Å²) in [7, 11) is 6.74. The van der Waals surface area contributed by atoms with Crippen molar-refractivity contribution in [2.24, 2.45) is 0 Å². The van der Waals surface area contributed by atoms with Crippen molar-refractivity contribution < 1.29 is 18.7 Å². The first kappa shape index (κ1) is 27.5. The summed E-state index contributed by atoms with van der Waals surface area (Å²) < 4.78 is 3.37. The number of aryl methyl sites for hydroxylation is 1. The molecule has 0 spiro atoms. The van der Waals surface area contributed by atoms with E-state index in [0.717, 1.165) is 49.8 Å². The molecular weight excluding hydrogens is 500 g/mol. The molecule has 2 heterocycles. The lowest BCUT2D eigenvalue weighted by atomic mass is 10.1. The van der Waals surface area contributed by atoms with Gasteiger partial charge in [0.15, 0.2) is 12.7 Å². The van der Waals surface area contributed by atoms with E-state index in [1.807, 2.05) is 11.8 Å². The van der Waals surface area contributed by atoms with E-state index in [2.05, 4.69) is 120 Å². The minimum absolute atomic E-state index is 0.255. The fourth-order valence-corrected chi connectivity index (χ4v) is 6.08. The third kappa shape index (κ3) is 7.29. The number of nitrogens with zero attached hydrogens (tertiary/aromatic N) is 3. The Balaban J connectivity index is 1.35. The van der Waals surface area contributed by atoms with E-state index in [1.165, 1.54) is 32.1 Å². The molecule has 1 aromatic heterocycles. The molecule has 37 heavy (non-hydrogen) atoms. The summed E-state index contributed by atoms with van der Waals surface area (Å²) in [6.45, 7) is 3.20. The van der Waals surface area contributed by atoms with Crippen molar-refractivity contribution in [3.05, 3.63) is 71.4 Å². The van der Waals surface area contributed by atoms with Gasteiger partial charge < -0.3 is 14.2 Å². The molecule has 3 aromatic rings. The number of nitrogens with one attached hydrogen (secondary N) is 1. The highest BCUT2D eigenvalue weighted by Crippen LogP contribution is 2.45. The van der Waals surface area contributed by atoms with Crippen LogP contribution in [0.25, 0.3) is 17.0 Å². The SMILES string of the molecule is CN1/C(=C/c2cc[n+](CCC[N+](C)(C)CCCCCC(=O)ONS)c3ccccc23)Sc2ccccc21. The van der Waals surface area contributed by atoms with Crippen LogP contribution in [0.2, 0.25) is 0 Å². The summed E-state index contributed by atoms with van der Waals surface area (Å²) in [6, 6.07) is 19.5. The largest absolute Gasteiger partial charge is 0.360 e. The molecule has 6 nitrogen and oxygen atoms in total. The van der Waals surface area contributed by atoms with Crippen LogP contribution in [0.3, 0.4) is 0 Å². The highest BCUT2D eigenvalue weighted by molar-refractivity contribution is 8.03. The maximum absolute atomic E-state index is 11.4. The molecule has 1 N–H and O–H groups in total. The van der Waals surface area contributed by atoms with Crippen LogP contribution in [0.4, 0.5) is 5.69 Å². The van der Waals surface area contributed by atoms with Gasteiger partial charge in [0.25, 0.3) is 0 Å². The Labute approximate surface area is 230 Å². The van der Waals surface area contributed by atoms with Crippen molar-refractivity contribution in [3.63, 3.8) is 0 Å². The number of aromatic nitrogens is 1. The predicted octanol–water partition coefficient (Wildman–Crippen LogP) is 5.59. The first-order chi connectivity index (χ1) is 17.9. The van der Waals surface area contributed by atoms with Gasteiger partial charge >= 0.3 is 5.97 Å². The number of anilines is 1. The average Bonchev–Trinajstić information content (AvgIpc) is 3.20. The van der Waals surface area contributed by atoms with Gasteiger partial charge in [0.05, 0.1) is 49.7 Å². The zero-order valence-corrected chi connectivity index (χ0v) is 23.7. The van der Waals surface area contributed by atoms with Crippen LogP contribution in [-0.4, -0.2) is 44.7 Å². The summed E-state index contributed by atoms with van der Waals surface area (Å²) in [4.78, 5) is 21.8. The smallest absolute Gasteiger partial charge is 0.325 e. The normalized spacial score (nSPS) is 14.4. The average molecular weight is 539 g/mol. The van der Waals surface area contributed by atoms with Gasteiger partial charge in [0, 0.05) is 30.5 Å². The highest BCUT2D eigenvalue weighted by Gasteiger charge is 2.22. The molecule has 1 aliphatic heterocycles. The number of fused-ring (bicyclic) bond motifs is 2. The van der Waals surface area contributed by atoms with E-state index in [1.54, 1.807) is 0 Å². The molecule has 196 valence electrons. The molecule has 2 aromatic carbocycles. The molecule has 8 heteroatoms. The minimum Gasteiger partial charge on any atom is -0.360 e. The number of rotatable bonds is 12. The van der Waals surface area contributed by atoms with Crippen LogP contribution < -0.4 is 14.4 Å². The van der Waals surface area contributed by atoms with Gasteiger partial charge in [0.2, 0.25) is 5.52 Å². The van der Waals surface area contributed by atoms with Crippen molar-refractivity contribution in [1.82, 2.24) is 4.89 Å². The van der Waals surface area contributed by atoms with Crippen molar-refractivity contribution in [2.45, 2.75) is 43.5 Å². The molecule has 4 rings (SSSR count). The number of thiol groups is 1. The zero-order valence-electron chi connectivity index (χ0n) is 22.0. The highest BCUT2D eigenvalue weighted by atomic mass is 32.2. The summed E-state index contributed by atoms with van der Waals surface area (Å²) in [6.07, 6.45) is 9.06. The summed E-state index contributed by atoms with van der Waals surface area (Å²) in [5.41, 5.74) is 3.79. The molecule has 0 fully saturated rings. The third-order valence-corrected chi connectivity index (χ3v) is 8.23. The molecule has 0 bridgehead atoms. The monoisotopic (exact) mass is 538 g/mol. The number of thioether (sulfide) groups is 1. The fraction of sp³-hybridized carbons (Fsp3) is 0.379. The quantitative estimate of drug-likeness (QED) is 0.104. The first-order valence-electron chi connectivity index (χ1n) is 12.9. The topological polar surface area (TPSA) is 45.5 Å². The molecule has 0 amide bonds. The molecule has 0 saturated heterocycles. The Bertz CT molecular complexity index is 1260. The van der Waals surface area contributed by atoms with E-state index in [0.29, 0.717) is 6.42 Å². The number of hydrogen-bond acceptors (Lipinski definition) is 6. The van der Waals surface area contributed by atoms with Crippen molar-refractivity contribution >= 4 is 53.2 Å². The standard InChI is InChI=1S/C29H38N4O2S2/c1-31-26-14-8-9-15-27(26)37-28(31)22-23-17-19-32(25-13-7-6-12-24(23)25)18-11-21-33(2,3)20-10-4-5-16-29(34)35-30-36/h6-9,12-15,17,19,22,30,36H,4-5,10-11,16,18,20-21H2,1-3H3/q+2. The lowest BCUT2D eigenvalue weighted by molar-refractivity contribution is -0.892. The number of pyridine rings is 1. The summed E-state index contributed by atoms with van der Waals surface area (Å²) in [5, 5.41) is 2.53. The summed E-state index contributed by atoms with van der Waals surface area (Å²) in [5.74, 6) is -0.255. The molecule has 0 aliphatic carbocycles. The van der Waals surface area contributed by atoms with Crippen LogP contribution in [-0.2, 0) is 16.2 Å². The Morgan fingerprint density at radius 3 is 2.62 bits per heavy atom. The maximum Gasteiger partial charge on any atom is 0.325 e. The number of unbranched alkanes of at least 4 members (excludes halogenated alkanes) is 2. The lowest BCUT2D eigenvalue weighted by Gasteiger charge is -2.29. The van der Waals surface area contributed by atoms with Crippen LogP contribution in [0.5, 0.6) is 0 Å². The van der Waals surface area contributed by atoms with Gasteiger partial charge in [-0.1, -0.05) is 53.7 Å². The number of carbonyl (C=O) groups is 1. The second-order valence-corrected chi connectivity index (χ2v) is 11.5. The van der Waals surface area contributed by atoms with Crippen LogP contribution >= 0.6 is 24.6 Å². The molecule has 0 radical (unpaired) electrons. The van der Waals surface area contributed by atoms with Crippen LogP contribution in [0.1, 0.15) is 37.7 Å². The molecule has 0 unspecified atom stereocenters. The van der Waals surface area contributed by atoms with Gasteiger partial charge in [-0.2, -0.15) is 4.57 Å². The van der Waals surface area contributed by atoms with E-state index in [-0.39, 0.29) is 5.97 Å². The Morgan fingerprint density at radius 1 is 1.05 bits per heavy atom. The lowest BCUT2D eigenvalue weighted by Crippen LogP contribution is -2.44. The second-order valence-electron chi connectivity index (χ2n) is 10.2. The van der Waals surface area contributed by atoms with Crippen LogP contribution in [0.15, 0.2) is 70.7 Å². The van der Waals surface area contributed by atoms with E-state index in [9.17, 15) is 4.79 Å². The minimum atomic E-state index is -0.255.